The van der Waals surface area contributed by atoms with Gasteiger partial charge in [-0.1, -0.05) is 6.08 Å². The van der Waals surface area contributed by atoms with Crippen molar-refractivity contribution >= 4 is 40.7 Å². The van der Waals surface area contributed by atoms with Crippen LogP contribution in [0, 0.1) is 5.82 Å². The highest BCUT2D eigenvalue weighted by Gasteiger charge is 2.25. The first kappa shape index (κ1) is 19.7. The third-order valence-electron chi connectivity index (χ3n) is 3.18. The Balaban J connectivity index is 0.00000180. The number of hydrogen-bond donors (Lipinski definition) is 2. The van der Waals surface area contributed by atoms with Gasteiger partial charge in [0.05, 0.1) is 16.1 Å². The number of benzene rings is 1. The average molecular weight is 388 g/mol. The van der Waals surface area contributed by atoms with Crippen molar-refractivity contribution in [3.05, 3.63) is 40.6 Å². The fourth-order valence-corrected chi connectivity index (χ4v) is 2.59. The molecule has 1 aliphatic heterocycles. The van der Waals surface area contributed by atoms with Gasteiger partial charge in [-0.2, -0.15) is 0 Å². The zero-order chi connectivity index (χ0) is 13.1. The molecule has 1 saturated heterocycles. The first-order chi connectivity index (χ1) is 8.65. The molecule has 0 unspecified atom stereocenters. The lowest BCUT2D eigenvalue weighted by atomic mass is 10.0. The molecule has 2 rings (SSSR count). The molecular weight excluding hydrogens is 370 g/mol. The van der Waals surface area contributed by atoms with E-state index in [4.69, 9.17) is 0 Å². The minimum atomic E-state index is -0.404. The van der Waals surface area contributed by atoms with Crippen molar-refractivity contribution in [1.29, 1.82) is 0 Å². The second-order valence-corrected chi connectivity index (χ2v) is 5.11. The lowest BCUT2D eigenvalue weighted by Gasteiger charge is -2.33. The summed E-state index contributed by atoms with van der Waals surface area (Å²) in [7, 11) is 0. The van der Waals surface area contributed by atoms with E-state index in [1.54, 1.807) is 6.08 Å². The summed E-state index contributed by atoms with van der Waals surface area (Å²) in [4.78, 5) is 2.11. The maximum absolute atomic E-state index is 14.0. The van der Waals surface area contributed by atoms with Crippen LogP contribution in [0.2, 0.25) is 0 Å². The molecule has 0 saturated carbocycles. The van der Waals surface area contributed by atoms with Gasteiger partial charge >= 0.3 is 0 Å². The van der Waals surface area contributed by atoms with Crippen LogP contribution in [0.3, 0.4) is 0 Å². The van der Waals surface area contributed by atoms with Crippen molar-refractivity contribution in [2.75, 3.05) is 26.2 Å². The standard InChI is InChI=1S/C13H16BrFN2O.2ClH/c1-2-11(17-7-5-16-6-8-17)12-10(15)4-3-9(14)13(12)18;;/h2-4,11,16,18H,1,5-8H2;2*1H/t11-;;/m0../s1. The van der Waals surface area contributed by atoms with E-state index in [0.29, 0.717) is 10.0 Å². The summed E-state index contributed by atoms with van der Waals surface area (Å²) in [6.45, 7) is 7.11. The lowest BCUT2D eigenvalue weighted by molar-refractivity contribution is 0.197. The molecule has 114 valence electrons. The van der Waals surface area contributed by atoms with E-state index in [0.717, 1.165) is 26.2 Å². The third-order valence-corrected chi connectivity index (χ3v) is 3.82. The Morgan fingerprint density at radius 1 is 1.35 bits per heavy atom. The van der Waals surface area contributed by atoms with Gasteiger partial charge in [0.1, 0.15) is 11.6 Å². The van der Waals surface area contributed by atoms with Crippen molar-refractivity contribution in [1.82, 2.24) is 10.2 Å². The van der Waals surface area contributed by atoms with E-state index >= 15 is 0 Å². The average Bonchev–Trinajstić information content (AvgIpc) is 2.40. The van der Waals surface area contributed by atoms with Crippen molar-refractivity contribution in [3.8, 4) is 5.75 Å². The number of aromatic hydroxyl groups is 1. The molecule has 1 heterocycles. The highest BCUT2D eigenvalue weighted by Crippen LogP contribution is 2.37. The zero-order valence-electron chi connectivity index (χ0n) is 10.8. The maximum Gasteiger partial charge on any atom is 0.137 e. The largest absolute Gasteiger partial charge is 0.506 e. The van der Waals surface area contributed by atoms with Crippen LogP contribution in [0.4, 0.5) is 4.39 Å². The second kappa shape index (κ2) is 8.85. The van der Waals surface area contributed by atoms with Gasteiger partial charge in [-0.05, 0) is 28.1 Å². The van der Waals surface area contributed by atoms with E-state index in [9.17, 15) is 9.50 Å². The fourth-order valence-electron chi connectivity index (χ4n) is 2.25. The molecule has 1 aromatic rings. The Hall–Kier alpha value is -0.330. The number of rotatable bonds is 3. The first-order valence-electron chi connectivity index (χ1n) is 5.89. The molecule has 0 spiro atoms. The van der Waals surface area contributed by atoms with Crippen molar-refractivity contribution in [3.63, 3.8) is 0 Å². The molecule has 0 radical (unpaired) electrons. The Labute approximate surface area is 139 Å². The van der Waals surface area contributed by atoms with Gasteiger partial charge in [-0.25, -0.2) is 4.39 Å². The number of phenolic OH excluding ortho intramolecular Hbond substituents is 1. The SMILES string of the molecule is C=C[C@@H](c1c(F)ccc(Br)c1O)N1CCNCC1.Cl.Cl. The fraction of sp³-hybridized carbons (Fsp3) is 0.385. The summed E-state index contributed by atoms with van der Waals surface area (Å²) in [6.07, 6.45) is 1.68. The number of hydrogen-bond acceptors (Lipinski definition) is 3. The molecule has 1 atom stereocenters. The molecule has 3 nitrogen and oxygen atoms in total. The smallest absolute Gasteiger partial charge is 0.137 e. The predicted molar refractivity (Wildman–Crippen MR) is 87.6 cm³/mol. The molecule has 0 aromatic heterocycles. The van der Waals surface area contributed by atoms with Gasteiger partial charge in [0.2, 0.25) is 0 Å². The molecule has 1 aromatic carbocycles. The predicted octanol–water partition coefficient (Wildman–Crippen LogP) is 3.27. The van der Waals surface area contributed by atoms with E-state index in [1.165, 1.54) is 12.1 Å². The molecule has 0 aliphatic carbocycles. The van der Waals surface area contributed by atoms with Crippen LogP contribution in [-0.2, 0) is 0 Å². The number of nitrogens with one attached hydrogen (secondary N) is 1. The maximum atomic E-state index is 14.0. The number of halogens is 4. The molecule has 0 amide bonds. The van der Waals surface area contributed by atoms with Crippen molar-refractivity contribution in [2.24, 2.45) is 0 Å². The Morgan fingerprint density at radius 2 is 1.95 bits per heavy atom. The van der Waals surface area contributed by atoms with Crippen molar-refractivity contribution < 1.29 is 9.50 Å². The summed E-state index contributed by atoms with van der Waals surface area (Å²) in [6, 6.07) is 2.56. The molecular formula is C13H18BrCl2FN2O. The lowest BCUT2D eigenvalue weighted by Crippen LogP contribution is -2.44. The van der Waals surface area contributed by atoms with Gasteiger partial charge in [0, 0.05) is 26.2 Å². The summed E-state index contributed by atoms with van der Waals surface area (Å²) in [5.41, 5.74) is 0.293. The molecule has 1 fully saturated rings. The normalized spacial score (nSPS) is 16.7. The number of nitrogens with zero attached hydrogens (tertiary/aromatic N) is 1. The zero-order valence-corrected chi connectivity index (χ0v) is 14.0. The van der Waals surface area contributed by atoms with Gasteiger partial charge in [-0.15, -0.1) is 31.4 Å². The number of piperazine rings is 1. The van der Waals surface area contributed by atoms with Gasteiger partial charge in [-0.3, -0.25) is 4.90 Å². The van der Waals surface area contributed by atoms with Crippen LogP contribution in [0.1, 0.15) is 11.6 Å². The Morgan fingerprint density at radius 3 is 2.50 bits per heavy atom. The van der Waals surface area contributed by atoms with Gasteiger partial charge in [0.25, 0.3) is 0 Å². The van der Waals surface area contributed by atoms with Gasteiger partial charge in [0.15, 0.2) is 0 Å². The number of phenols is 1. The Bertz CT molecular complexity index is 456. The molecule has 1 aliphatic rings. The highest BCUT2D eigenvalue weighted by atomic mass is 79.9. The molecule has 7 heteroatoms. The summed E-state index contributed by atoms with van der Waals surface area (Å²) >= 11 is 3.22. The van der Waals surface area contributed by atoms with E-state index in [1.807, 2.05) is 0 Å². The molecule has 2 N–H and O–H groups in total. The minimum absolute atomic E-state index is 0. The van der Waals surface area contributed by atoms with E-state index in [2.05, 4.69) is 32.7 Å². The van der Waals surface area contributed by atoms with Gasteiger partial charge < -0.3 is 10.4 Å². The van der Waals surface area contributed by atoms with Crippen LogP contribution in [-0.4, -0.2) is 36.2 Å². The summed E-state index contributed by atoms with van der Waals surface area (Å²) in [5.74, 6) is -0.447. The molecule has 0 bridgehead atoms. The van der Waals surface area contributed by atoms with Crippen LogP contribution < -0.4 is 5.32 Å². The third kappa shape index (κ3) is 4.09. The van der Waals surface area contributed by atoms with Crippen LogP contribution in [0.15, 0.2) is 29.3 Å². The monoisotopic (exact) mass is 386 g/mol. The summed E-state index contributed by atoms with van der Waals surface area (Å²) < 4.78 is 14.5. The highest BCUT2D eigenvalue weighted by molar-refractivity contribution is 9.10. The quantitative estimate of drug-likeness (QED) is 0.781. The van der Waals surface area contributed by atoms with Crippen molar-refractivity contribution in [2.45, 2.75) is 6.04 Å². The van der Waals surface area contributed by atoms with Crippen LogP contribution >= 0.6 is 40.7 Å². The Kier molecular flexibility index (Phi) is 8.70. The molecule has 20 heavy (non-hydrogen) atoms. The topological polar surface area (TPSA) is 35.5 Å². The first-order valence-corrected chi connectivity index (χ1v) is 6.68. The second-order valence-electron chi connectivity index (χ2n) is 4.26. The van der Waals surface area contributed by atoms with E-state index < -0.39 is 5.82 Å². The van der Waals surface area contributed by atoms with Crippen LogP contribution in [0.5, 0.6) is 5.75 Å². The summed E-state index contributed by atoms with van der Waals surface area (Å²) in [5, 5.41) is 13.3. The minimum Gasteiger partial charge on any atom is -0.506 e. The van der Waals surface area contributed by atoms with Crippen LogP contribution in [0.25, 0.3) is 0 Å². The van der Waals surface area contributed by atoms with E-state index in [-0.39, 0.29) is 36.6 Å².